The number of nitrogens with zero attached hydrogens (tertiary/aromatic N) is 3. The van der Waals surface area contributed by atoms with Crippen molar-refractivity contribution in [2.75, 3.05) is 4.90 Å². The number of aromatic nitrogens is 2. The third-order valence-electron chi connectivity index (χ3n) is 6.98. The zero-order valence-corrected chi connectivity index (χ0v) is 21.6. The second-order valence-electron chi connectivity index (χ2n) is 10.6. The fraction of sp³-hybridized carbons (Fsp3) is 0.345. The van der Waals surface area contributed by atoms with Crippen LogP contribution in [0.4, 0.5) is 32.0 Å². The Bertz CT molecular complexity index is 1440. The van der Waals surface area contributed by atoms with Gasteiger partial charge in [-0.2, -0.15) is 13.2 Å². The maximum absolute atomic E-state index is 13.8. The van der Waals surface area contributed by atoms with Gasteiger partial charge in [0.05, 0.1) is 17.3 Å². The molecule has 1 fully saturated rings. The Kier molecular flexibility index (Phi) is 6.87. The van der Waals surface area contributed by atoms with Crippen LogP contribution in [0.1, 0.15) is 67.7 Å². The molecular formula is C29H25F6N3O2. The number of anilines is 1. The summed E-state index contributed by atoms with van der Waals surface area (Å²) >= 11 is 0. The molecule has 1 aliphatic heterocycles. The predicted octanol–water partition coefficient (Wildman–Crippen LogP) is 7.65. The molecule has 2 aliphatic rings. The van der Waals surface area contributed by atoms with E-state index in [0.29, 0.717) is 17.1 Å². The van der Waals surface area contributed by atoms with Gasteiger partial charge in [-0.05, 0) is 73.4 Å². The van der Waals surface area contributed by atoms with Crippen molar-refractivity contribution in [3.05, 3.63) is 95.1 Å². The van der Waals surface area contributed by atoms with Gasteiger partial charge in [0.2, 0.25) is 0 Å². The van der Waals surface area contributed by atoms with Crippen LogP contribution in [0.2, 0.25) is 0 Å². The number of carbonyl (C=O) groups is 1. The first-order valence-electron chi connectivity index (χ1n) is 12.6. The second kappa shape index (κ2) is 9.94. The monoisotopic (exact) mass is 561 g/mol. The van der Waals surface area contributed by atoms with Gasteiger partial charge in [-0.3, -0.25) is 9.69 Å². The number of hydrogen-bond donors (Lipinski definition) is 0. The summed E-state index contributed by atoms with van der Waals surface area (Å²) in [7, 11) is 0. The van der Waals surface area contributed by atoms with Gasteiger partial charge in [-0.25, -0.2) is 9.97 Å². The highest BCUT2D eigenvalue weighted by atomic mass is 19.4. The Morgan fingerprint density at radius 1 is 0.975 bits per heavy atom. The van der Waals surface area contributed by atoms with Gasteiger partial charge in [0.1, 0.15) is 11.6 Å². The minimum Gasteiger partial charge on any atom is -0.406 e. The number of hydrogen-bond acceptors (Lipinski definition) is 4. The van der Waals surface area contributed by atoms with Crippen molar-refractivity contribution in [2.45, 2.75) is 63.0 Å². The average molecular weight is 562 g/mol. The van der Waals surface area contributed by atoms with Crippen molar-refractivity contribution in [2.24, 2.45) is 0 Å². The van der Waals surface area contributed by atoms with Crippen LogP contribution in [0.25, 0.3) is 0 Å². The third-order valence-corrected chi connectivity index (χ3v) is 6.98. The lowest BCUT2D eigenvalue weighted by Crippen LogP contribution is -2.31. The van der Waals surface area contributed by atoms with E-state index < -0.39 is 41.2 Å². The van der Waals surface area contributed by atoms with Crippen LogP contribution in [0, 0.1) is 0 Å². The van der Waals surface area contributed by atoms with E-state index in [9.17, 15) is 31.1 Å². The summed E-state index contributed by atoms with van der Waals surface area (Å²) in [5, 5.41) is 0. The predicted molar refractivity (Wildman–Crippen MR) is 135 cm³/mol. The molecule has 3 aromatic rings. The van der Waals surface area contributed by atoms with Crippen LogP contribution in [0.15, 0.2) is 72.4 Å². The first kappa shape index (κ1) is 27.7. The molecule has 5 rings (SSSR count). The molecule has 11 heteroatoms. The zero-order valence-electron chi connectivity index (χ0n) is 21.6. The van der Waals surface area contributed by atoms with E-state index in [1.807, 2.05) is 13.8 Å². The highest BCUT2D eigenvalue weighted by Crippen LogP contribution is 2.43. The van der Waals surface area contributed by atoms with Gasteiger partial charge in [0.25, 0.3) is 5.91 Å². The van der Waals surface area contributed by atoms with E-state index in [2.05, 4.69) is 9.72 Å². The normalized spacial score (nSPS) is 18.2. The molecule has 0 radical (unpaired) electrons. The van der Waals surface area contributed by atoms with E-state index >= 15 is 0 Å². The molecule has 0 N–H and O–H groups in total. The Balaban J connectivity index is 1.51. The number of halogens is 6. The van der Waals surface area contributed by atoms with Crippen molar-refractivity contribution >= 4 is 11.6 Å². The minimum absolute atomic E-state index is 0.173. The fourth-order valence-electron chi connectivity index (χ4n) is 4.84. The van der Waals surface area contributed by atoms with Crippen LogP contribution < -0.4 is 9.64 Å². The largest absolute Gasteiger partial charge is 0.573 e. The summed E-state index contributed by atoms with van der Waals surface area (Å²) in [5.74, 6) is 0.147. The topological polar surface area (TPSA) is 55.3 Å². The number of rotatable bonds is 7. The van der Waals surface area contributed by atoms with E-state index in [4.69, 9.17) is 4.98 Å². The summed E-state index contributed by atoms with van der Waals surface area (Å²) in [4.78, 5) is 24.1. The van der Waals surface area contributed by atoms with Gasteiger partial charge in [0, 0.05) is 28.8 Å². The molecule has 1 amide bonds. The van der Waals surface area contributed by atoms with Gasteiger partial charge < -0.3 is 4.74 Å². The molecule has 1 aromatic heterocycles. The molecule has 0 bridgehead atoms. The number of benzene rings is 2. The van der Waals surface area contributed by atoms with Crippen LogP contribution >= 0.6 is 0 Å². The first-order chi connectivity index (χ1) is 18.7. The van der Waals surface area contributed by atoms with Crippen LogP contribution in [-0.4, -0.2) is 22.2 Å². The lowest BCUT2D eigenvalue weighted by Gasteiger charge is -2.27. The number of amides is 1. The quantitative estimate of drug-likeness (QED) is 0.278. The molecule has 0 unspecified atom stereocenters. The molecule has 0 saturated heterocycles. The number of ether oxygens (including phenoxy) is 1. The van der Waals surface area contributed by atoms with E-state index in [1.54, 1.807) is 18.3 Å². The lowest BCUT2D eigenvalue weighted by molar-refractivity contribution is -0.274. The highest BCUT2D eigenvalue weighted by Gasteiger charge is 2.39. The summed E-state index contributed by atoms with van der Waals surface area (Å²) in [6.07, 6.45) is -3.88. The summed E-state index contributed by atoms with van der Waals surface area (Å²) in [5.41, 5.74) is 0.0836. The maximum atomic E-state index is 13.8. The number of alkyl halides is 6. The summed E-state index contributed by atoms with van der Waals surface area (Å²) in [6.45, 7) is 3.85. The number of carbonyl (C=O) groups excluding carboxylic acids is 1. The van der Waals surface area contributed by atoms with Crippen molar-refractivity contribution < 1.29 is 35.9 Å². The Labute approximate surface area is 226 Å². The van der Waals surface area contributed by atoms with E-state index in [1.165, 1.54) is 35.2 Å². The molecule has 1 aliphatic carbocycles. The molecule has 210 valence electrons. The molecule has 0 spiro atoms. The fourth-order valence-corrected chi connectivity index (χ4v) is 4.84. The standard InChI is InChI=1S/C29H25F6N3O2/c1-27(2,24-12-13-36-25(37-24)17-6-7-17)16-19-15-23(18-4-3-5-22(14-18)40-29(33,34)35)38(26(19)39)21-10-8-20(9-11-21)28(30,31)32/h3-5,8-15,17,23H,6-7,16H2,1-2H3/t23-/m1/s1. The van der Waals surface area contributed by atoms with Crippen molar-refractivity contribution in [3.63, 3.8) is 0 Å². The smallest absolute Gasteiger partial charge is 0.406 e. The molecule has 5 nitrogen and oxygen atoms in total. The van der Waals surface area contributed by atoms with Crippen molar-refractivity contribution in [1.29, 1.82) is 0 Å². The van der Waals surface area contributed by atoms with Crippen LogP contribution in [0.5, 0.6) is 5.75 Å². The SMILES string of the molecule is CC(C)(CC1=C[C@H](c2cccc(OC(F)(F)F)c2)N(c2ccc(C(F)(F)F)cc2)C1=O)c1ccnc(C2CC2)n1. The van der Waals surface area contributed by atoms with Crippen LogP contribution in [-0.2, 0) is 16.4 Å². The minimum atomic E-state index is -4.92. The Morgan fingerprint density at radius 2 is 1.68 bits per heavy atom. The Hall–Kier alpha value is -3.89. The van der Waals surface area contributed by atoms with E-state index in [-0.39, 0.29) is 12.1 Å². The third kappa shape index (κ3) is 5.97. The highest BCUT2D eigenvalue weighted by molar-refractivity contribution is 6.09. The lowest BCUT2D eigenvalue weighted by atomic mass is 9.82. The molecule has 1 saturated carbocycles. The van der Waals surface area contributed by atoms with Crippen molar-refractivity contribution in [3.8, 4) is 5.75 Å². The molecule has 40 heavy (non-hydrogen) atoms. The summed E-state index contributed by atoms with van der Waals surface area (Å²) in [6, 6.07) is 10.2. The van der Waals surface area contributed by atoms with Gasteiger partial charge in [-0.15, -0.1) is 13.2 Å². The Morgan fingerprint density at radius 3 is 2.30 bits per heavy atom. The van der Waals surface area contributed by atoms with Gasteiger partial charge in [-0.1, -0.05) is 26.0 Å². The zero-order chi connectivity index (χ0) is 28.9. The van der Waals surface area contributed by atoms with Crippen LogP contribution in [0.3, 0.4) is 0 Å². The molecular weight excluding hydrogens is 536 g/mol. The average Bonchev–Trinajstić information content (AvgIpc) is 3.68. The van der Waals surface area contributed by atoms with Gasteiger partial charge >= 0.3 is 12.5 Å². The van der Waals surface area contributed by atoms with E-state index in [0.717, 1.165) is 42.6 Å². The first-order valence-corrected chi connectivity index (χ1v) is 12.6. The maximum Gasteiger partial charge on any atom is 0.573 e. The molecule has 2 heterocycles. The van der Waals surface area contributed by atoms with Crippen molar-refractivity contribution in [1.82, 2.24) is 9.97 Å². The second-order valence-corrected chi connectivity index (χ2v) is 10.6. The molecule has 1 atom stereocenters. The summed E-state index contributed by atoms with van der Waals surface area (Å²) < 4.78 is 82.2. The molecule has 2 aromatic carbocycles. The van der Waals surface area contributed by atoms with Gasteiger partial charge in [0.15, 0.2) is 0 Å².